The van der Waals surface area contributed by atoms with Crippen molar-refractivity contribution >= 4 is 33.2 Å². The van der Waals surface area contributed by atoms with Gasteiger partial charge in [-0.15, -0.1) is 0 Å². The number of rotatable bonds is 5. The van der Waals surface area contributed by atoms with Crippen LogP contribution in [0.1, 0.15) is 6.92 Å². The number of benzene rings is 1. The van der Waals surface area contributed by atoms with Gasteiger partial charge < -0.3 is 10.4 Å². The van der Waals surface area contributed by atoms with E-state index in [0.717, 1.165) is 16.6 Å². The van der Waals surface area contributed by atoms with Crippen LogP contribution in [0.2, 0.25) is 0 Å². The summed E-state index contributed by atoms with van der Waals surface area (Å²) in [5.74, 6) is -1.04. The number of aromatic nitrogens is 2. The number of aromatic hydroxyl groups is 1. The number of anilines is 1. The number of phenolic OH excluding ortho intramolecular Hbond substituents is 1. The van der Waals surface area contributed by atoms with Gasteiger partial charge in [0.1, 0.15) is 5.75 Å². The van der Waals surface area contributed by atoms with Gasteiger partial charge in [-0.25, -0.2) is 0 Å². The first-order valence-corrected chi connectivity index (χ1v) is 7.12. The molecule has 9 heteroatoms. The molecule has 8 nitrogen and oxygen atoms in total. The molecule has 0 aliphatic carbocycles. The lowest BCUT2D eigenvalue weighted by Crippen LogP contribution is -2.24. The molecule has 1 aromatic heterocycles. The van der Waals surface area contributed by atoms with Crippen LogP contribution >= 0.6 is 15.9 Å². The molecule has 0 fully saturated rings. The summed E-state index contributed by atoms with van der Waals surface area (Å²) in [6.45, 7) is 2.03. The van der Waals surface area contributed by atoms with Crippen LogP contribution in [-0.4, -0.2) is 25.7 Å². The van der Waals surface area contributed by atoms with Crippen molar-refractivity contribution < 1.29 is 14.8 Å². The standard InChI is InChI=1S/C13H13BrN4O4/c1-8(6-17-7-9(14)5-15-17)13(20)16-11-4-10(18(21)22)2-3-12(11)19/h2-5,7-8,19H,6H2,1H3,(H,16,20). The average Bonchev–Trinajstić information content (AvgIpc) is 2.86. The van der Waals surface area contributed by atoms with Crippen LogP contribution in [-0.2, 0) is 11.3 Å². The predicted octanol–water partition coefficient (Wildman–Crippen LogP) is 2.53. The monoisotopic (exact) mass is 368 g/mol. The molecule has 0 saturated carbocycles. The van der Waals surface area contributed by atoms with Crippen molar-refractivity contribution in [1.29, 1.82) is 0 Å². The number of nitrogens with zero attached hydrogens (tertiary/aromatic N) is 3. The zero-order chi connectivity index (χ0) is 16.3. The molecule has 2 N–H and O–H groups in total. The Morgan fingerprint density at radius 2 is 2.32 bits per heavy atom. The van der Waals surface area contributed by atoms with Gasteiger partial charge in [-0.1, -0.05) is 6.92 Å². The van der Waals surface area contributed by atoms with Crippen molar-refractivity contribution in [3.05, 3.63) is 45.2 Å². The maximum Gasteiger partial charge on any atom is 0.271 e. The summed E-state index contributed by atoms with van der Waals surface area (Å²) in [6, 6.07) is 3.45. The summed E-state index contributed by atoms with van der Waals surface area (Å²) in [6.07, 6.45) is 3.34. The third kappa shape index (κ3) is 3.82. The molecule has 1 heterocycles. The largest absolute Gasteiger partial charge is 0.506 e. The van der Waals surface area contributed by atoms with E-state index < -0.39 is 10.8 Å². The van der Waals surface area contributed by atoms with Crippen molar-refractivity contribution in [2.45, 2.75) is 13.5 Å². The van der Waals surface area contributed by atoms with E-state index in [1.807, 2.05) is 0 Å². The quantitative estimate of drug-likeness (QED) is 0.478. The SMILES string of the molecule is CC(Cn1cc(Br)cn1)C(=O)Nc1cc([N+](=O)[O-])ccc1O. The van der Waals surface area contributed by atoms with Gasteiger partial charge in [0.25, 0.3) is 5.69 Å². The summed E-state index contributed by atoms with van der Waals surface area (Å²) >= 11 is 3.26. The van der Waals surface area contributed by atoms with Crippen LogP contribution < -0.4 is 5.32 Å². The molecule has 1 aromatic carbocycles. The molecule has 2 aromatic rings. The van der Waals surface area contributed by atoms with E-state index in [1.165, 1.54) is 6.07 Å². The normalized spacial score (nSPS) is 11.9. The first-order valence-electron chi connectivity index (χ1n) is 6.33. The van der Waals surface area contributed by atoms with Crippen LogP contribution in [0.5, 0.6) is 5.75 Å². The van der Waals surface area contributed by atoms with Crippen molar-refractivity contribution in [2.24, 2.45) is 5.92 Å². The lowest BCUT2D eigenvalue weighted by molar-refractivity contribution is -0.384. The summed E-state index contributed by atoms with van der Waals surface area (Å²) < 4.78 is 2.40. The minimum Gasteiger partial charge on any atom is -0.506 e. The molecular weight excluding hydrogens is 356 g/mol. The molecule has 0 radical (unpaired) electrons. The Kier molecular flexibility index (Phi) is 4.76. The summed E-state index contributed by atoms with van der Waals surface area (Å²) in [7, 11) is 0. The van der Waals surface area contributed by atoms with Gasteiger partial charge in [0.05, 0.1) is 33.7 Å². The Labute approximate surface area is 134 Å². The lowest BCUT2D eigenvalue weighted by Gasteiger charge is -2.13. The second-order valence-electron chi connectivity index (χ2n) is 4.73. The van der Waals surface area contributed by atoms with E-state index >= 15 is 0 Å². The molecule has 1 atom stereocenters. The molecule has 22 heavy (non-hydrogen) atoms. The van der Waals surface area contributed by atoms with Crippen LogP contribution in [0.4, 0.5) is 11.4 Å². The van der Waals surface area contributed by atoms with E-state index in [0.29, 0.717) is 6.54 Å². The fourth-order valence-electron chi connectivity index (χ4n) is 1.80. The number of carbonyl (C=O) groups excluding carboxylic acids is 1. The first kappa shape index (κ1) is 16.0. The number of nitro groups is 1. The fraction of sp³-hybridized carbons (Fsp3) is 0.231. The van der Waals surface area contributed by atoms with Crippen LogP contribution in [0.25, 0.3) is 0 Å². The predicted molar refractivity (Wildman–Crippen MR) is 82.5 cm³/mol. The molecular formula is C13H13BrN4O4. The minimum atomic E-state index is -0.597. The van der Waals surface area contributed by atoms with Gasteiger partial charge in [0.15, 0.2) is 0 Å². The first-order chi connectivity index (χ1) is 10.4. The number of carbonyl (C=O) groups is 1. The number of non-ortho nitro benzene ring substituents is 1. The van der Waals surface area contributed by atoms with Crippen LogP contribution in [0.3, 0.4) is 0 Å². The van der Waals surface area contributed by atoms with E-state index in [9.17, 15) is 20.0 Å². The highest BCUT2D eigenvalue weighted by molar-refractivity contribution is 9.10. The number of hydrogen-bond donors (Lipinski definition) is 2. The third-order valence-electron chi connectivity index (χ3n) is 2.96. The molecule has 1 amide bonds. The molecule has 116 valence electrons. The second kappa shape index (κ2) is 6.56. The number of nitrogens with one attached hydrogen (secondary N) is 1. The Balaban J connectivity index is 2.07. The number of hydrogen-bond acceptors (Lipinski definition) is 5. The highest BCUT2D eigenvalue weighted by atomic mass is 79.9. The maximum absolute atomic E-state index is 12.1. The number of halogens is 1. The van der Waals surface area contributed by atoms with Gasteiger partial charge in [-0.05, 0) is 22.0 Å². The smallest absolute Gasteiger partial charge is 0.271 e. The molecule has 0 aliphatic heterocycles. The number of phenols is 1. The number of amides is 1. The number of nitro benzene ring substituents is 1. The molecule has 0 aliphatic rings. The van der Waals surface area contributed by atoms with Gasteiger partial charge in [-0.3, -0.25) is 19.6 Å². The van der Waals surface area contributed by atoms with Gasteiger partial charge in [0.2, 0.25) is 5.91 Å². The topological polar surface area (TPSA) is 110 Å². The Morgan fingerprint density at radius 3 is 2.91 bits per heavy atom. The minimum absolute atomic E-state index is 0.00713. The lowest BCUT2D eigenvalue weighted by atomic mass is 10.1. The fourth-order valence-corrected chi connectivity index (χ4v) is 2.12. The maximum atomic E-state index is 12.1. The van der Waals surface area contributed by atoms with Crippen molar-refractivity contribution in [3.8, 4) is 5.75 Å². The van der Waals surface area contributed by atoms with Gasteiger partial charge in [0, 0.05) is 18.3 Å². The Bertz CT molecular complexity index is 716. The van der Waals surface area contributed by atoms with Crippen LogP contribution in [0, 0.1) is 16.0 Å². The third-order valence-corrected chi connectivity index (χ3v) is 3.37. The van der Waals surface area contributed by atoms with Crippen molar-refractivity contribution in [1.82, 2.24) is 9.78 Å². The summed E-state index contributed by atoms with van der Waals surface area (Å²) in [5, 5.41) is 26.9. The van der Waals surface area contributed by atoms with E-state index in [1.54, 1.807) is 24.0 Å². The highest BCUT2D eigenvalue weighted by Crippen LogP contribution is 2.28. The summed E-state index contributed by atoms with van der Waals surface area (Å²) in [5.41, 5.74) is -0.204. The Hall–Kier alpha value is -2.42. The Morgan fingerprint density at radius 1 is 1.59 bits per heavy atom. The van der Waals surface area contributed by atoms with E-state index in [-0.39, 0.29) is 23.0 Å². The summed E-state index contributed by atoms with van der Waals surface area (Å²) in [4.78, 5) is 22.2. The van der Waals surface area contributed by atoms with Gasteiger partial charge in [-0.2, -0.15) is 5.10 Å². The molecule has 0 bridgehead atoms. The van der Waals surface area contributed by atoms with Gasteiger partial charge >= 0.3 is 0 Å². The van der Waals surface area contributed by atoms with Crippen LogP contribution in [0.15, 0.2) is 35.1 Å². The highest BCUT2D eigenvalue weighted by Gasteiger charge is 2.17. The zero-order valence-corrected chi connectivity index (χ0v) is 13.1. The second-order valence-corrected chi connectivity index (χ2v) is 5.65. The van der Waals surface area contributed by atoms with E-state index in [2.05, 4.69) is 26.3 Å². The molecule has 0 saturated heterocycles. The van der Waals surface area contributed by atoms with Crippen molar-refractivity contribution in [3.63, 3.8) is 0 Å². The van der Waals surface area contributed by atoms with E-state index in [4.69, 9.17) is 0 Å². The zero-order valence-electron chi connectivity index (χ0n) is 11.6. The molecule has 2 rings (SSSR count). The van der Waals surface area contributed by atoms with Crippen molar-refractivity contribution in [2.75, 3.05) is 5.32 Å². The molecule has 1 unspecified atom stereocenters. The average molecular weight is 369 g/mol. The molecule has 0 spiro atoms.